The van der Waals surface area contributed by atoms with Gasteiger partial charge in [-0.05, 0) is 12.8 Å². The van der Waals surface area contributed by atoms with Crippen molar-refractivity contribution in [1.29, 1.82) is 0 Å². The largest absolute Gasteiger partial charge is 0.462 e. The Morgan fingerprint density at radius 3 is 2.26 bits per heavy atom. The Hall–Kier alpha value is -1.18. The van der Waals surface area contributed by atoms with Gasteiger partial charge in [-0.25, -0.2) is 0 Å². The van der Waals surface area contributed by atoms with Gasteiger partial charge in [-0.3, -0.25) is 9.59 Å². The van der Waals surface area contributed by atoms with Crippen molar-refractivity contribution in [3.8, 4) is 0 Å². The van der Waals surface area contributed by atoms with Gasteiger partial charge in [0.2, 0.25) is 0 Å². The van der Waals surface area contributed by atoms with Gasteiger partial charge in [0.05, 0.1) is 6.61 Å². The van der Waals surface area contributed by atoms with E-state index in [0.717, 1.165) is 19.3 Å². The lowest BCUT2D eigenvalue weighted by Crippen LogP contribution is -2.44. The number of esters is 2. The number of hydrogen-bond donors (Lipinski definition) is 2. The summed E-state index contributed by atoms with van der Waals surface area (Å²) in [4.78, 5) is 23.4. The van der Waals surface area contributed by atoms with Gasteiger partial charge in [-0.1, -0.05) is 26.7 Å². The highest BCUT2D eigenvalue weighted by Gasteiger charge is 2.42. The third kappa shape index (κ3) is 6.85. The maximum Gasteiger partial charge on any atom is 0.306 e. The van der Waals surface area contributed by atoms with Crippen LogP contribution in [0.15, 0.2) is 0 Å². The molecular formula is C16H28O7. The van der Waals surface area contributed by atoms with Gasteiger partial charge in [-0.2, -0.15) is 0 Å². The van der Waals surface area contributed by atoms with Crippen molar-refractivity contribution >= 4 is 11.9 Å². The van der Waals surface area contributed by atoms with Gasteiger partial charge in [-0.15, -0.1) is 0 Å². The fraction of sp³-hybridized carbons (Fsp3) is 0.875. The fourth-order valence-electron chi connectivity index (χ4n) is 2.27. The van der Waals surface area contributed by atoms with E-state index in [4.69, 9.17) is 14.2 Å². The van der Waals surface area contributed by atoms with Crippen LogP contribution in [0.2, 0.25) is 0 Å². The fourth-order valence-corrected chi connectivity index (χ4v) is 2.27. The zero-order valence-electron chi connectivity index (χ0n) is 13.9. The molecule has 0 spiro atoms. The number of aliphatic hydroxyl groups is 2. The number of rotatable bonds is 10. The Balaban J connectivity index is 2.57. The quantitative estimate of drug-likeness (QED) is 0.574. The number of carbonyl (C=O) groups is 2. The molecule has 2 N–H and O–H groups in total. The predicted molar refractivity (Wildman–Crippen MR) is 81.6 cm³/mol. The van der Waals surface area contributed by atoms with Crippen molar-refractivity contribution in [3.63, 3.8) is 0 Å². The summed E-state index contributed by atoms with van der Waals surface area (Å²) in [6.07, 6.45) is -0.327. The van der Waals surface area contributed by atoms with Crippen LogP contribution in [0.25, 0.3) is 0 Å². The number of hydrogen-bond acceptors (Lipinski definition) is 7. The summed E-state index contributed by atoms with van der Waals surface area (Å²) < 4.78 is 15.7. The first-order valence-electron chi connectivity index (χ1n) is 8.32. The van der Waals surface area contributed by atoms with E-state index in [0.29, 0.717) is 12.8 Å². The molecule has 1 saturated heterocycles. The lowest BCUT2D eigenvalue weighted by atomic mass is 10.1. The van der Waals surface area contributed by atoms with Gasteiger partial charge < -0.3 is 24.4 Å². The Kier molecular flexibility index (Phi) is 9.13. The Morgan fingerprint density at radius 2 is 1.74 bits per heavy atom. The van der Waals surface area contributed by atoms with E-state index in [1.54, 1.807) is 0 Å². The van der Waals surface area contributed by atoms with E-state index in [1.165, 1.54) is 0 Å². The average Bonchev–Trinajstić information content (AvgIpc) is 2.86. The monoisotopic (exact) mass is 332 g/mol. The molecule has 7 nitrogen and oxygen atoms in total. The molecule has 0 aromatic carbocycles. The number of unbranched alkanes of at least 4 members (excludes halogenated alkanes) is 2. The summed E-state index contributed by atoms with van der Waals surface area (Å²) in [5.41, 5.74) is 0. The zero-order chi connectivity index (χ0) is 17.2. The molecule has 7 heteroatoms. The van der Waals surface area contributed by atoms with Gasteiger partial charge in [0, 0.05) is 12.8 Å². The van der Waals surface area contributed by atoms with Crippen LogP contribution in [0, 0.1) is 0 Å². The van der Waals surface area contributed by atoms with E-state index in [1.807, 2.05) is 13.8 Å². The van der Waals surface area contributed by atoms with Crippen LogP contribution in [-0.4, -0.2) is 59.8 Å². The first-order valence-corrected chi connectivity index (χ1v) is 8.32. The normalized spacial score (nSPS) is 25.1. The minimum Gasteiger partial charge on any atom is -0.462 e. The molecule has 1 fully saturated rings. The molecule has 0 saturated carbocycles. The molecule has 4 atom stereocenters. The minimum absolute atomic E-state index is 0.0430. The molecule has 1 unspecified atom stereocenters. The average molecular weight is 332 g/mol. The molecule has 0 aromatic heterocycles. The number of aliphatic hydroxyl groups excluding tert-OH is 2. The van der Waals surface area contributed by atoms with Crippen molar-refractivity contribution in [2.24, 2.45) is 0 Å². The maximum atomic E-state index is 11.8. The minimum atomic E-state index is -1.17. The van der Waals surface area contributed by atoms with Crippen molar-refractivity contribution in [1.82, 2.24) is 0 Å². The van der Waals surface area contributed by atoms with Crippen LogP contribution in [0.1, 0.15) is 52.4 Å². The third-order valence-corrected chi connectivity index (χ3v) is 3.72. The molecular weight excluding hydrogens is 304 g/mol. The summed E-state index contributed by atoms with van der Waals surface area (Å²) in [5, 5.41) is 19.5. The lowest BCUT2D eigenvalue weighted by molar-refractivity contribution is -0.170. The van der Waals surface area contributed by atoms with Gasteiger partial charge in [0.25, 0.3) is 0 Å². The molecule has 0 aromatic rings. The highest BCUT2D eigenvalue weighted by molar-refractivity contribution is 5.70. The molecule has 1 aliphatic rings. The Morgan fingerprint density at radius 1 is 1.13 bits per heavy atom. The van der Waals surface area contributed by atoms with E-state index < -0.39 is 30.4 Å². The van der Waals surface area contributed by atoms with Crippen LogP contribution in [0.5, 0.6) is 0 Å². The van der Waals surface area contributed by atoms with Crippen molar-refractivity contribution in [2.75, 3.05) is 13.2 Å². The van der Waals surface area contributed by atoms with Crippen LogP contribution in [0.4, 0.5) is 0 Å². The smallest absolute Gasteiger partial charge is 0.306 e. The van der Waals surface area contributed by atoms with Crippen molar-refractivity contribution < 1.29 is 34.0 Å². The molecule has 1 heterocycles. The molecule has 23 heavy (non-hydrogen) atoms. The Bertz CT molecular complexity index is 371. The summed E-state index contributed by atoms with van der Waals surface area (Å²) in [5.74, 6) is -0.812. The summed E-state index contributed by atoms with van der Waals surface area (Å²) in [6, 6.07) is 0. The first-order chi connectivity index (χ1) is 11.0. The van der Waals surface area contributed by atoms with Crippen LogP contribution in [0.3, 0.4) is 0 Å². The summed E-state index contributed by atoms with van der Waals surface area (Å²) >= 11 is 0. The third-order valence-electron chi connectivity index (χ3n) is 3.72. The molecule has 1 aliphatic heterocycles. The first kappa shape index (κ1) is 19.9. The molecule has 134 valence electrons. The molecule has 1 rings (SSSR count). The second-order valence-corrected chi connectivity index (χ2v) is 5.77. The van der Waals surface area contributed by atoms with E-state index in [9.17, 15) is 19.8 Å². The van der Waals surface area contributed by atoms with Crippen LogP contribution < -0.4 is 0 Å². The topological polar surface area (TPSA) is 102 Å². The number of carbonyl (C=O) groups excluding carboxylic acids is 2. The second-order valence-electron chi connectivity index (χ2n) is 5.77. The predicted octanol–water partition coefficient (Wildman–Crippen LogP) is 0.942. The maximum absolute atomic E-state index is 11.8. The molecule has 0 radical (unpaired) electrons. The van der Waals surface area contributed by atoms with Crippen molar-refractivity contribution in [3.05, 3.63) is 0 Å². The van der Waals surface area contributed by atoms with Crippen LogP contribution >= 0.6 is 0 Å². The van der Waals surface area contributed by atoms with Gasteiger partial charge in [0.1, 0.15) is 24.9 Å². The lowest BCUT2D eigenvalue weighted by Gasteiger charge is -2.25. The van der Waals surface area contributed by atoms with Crippen molar-refractivity contribution in [2.45, 2.75) is 76.8 Å². The van der Waals surface area contributed by atoms with E-state index in [-0.39, 0.29) is 25.6 Å². The molecule has 0 amide bonds. The highest BCUT2D eigenvalue weighted by Crippen LogP contribution is 2.21. The van der Waals surface area contributed by atoms with E-state index in [2.05, 4.69) is 0 Å². The van der Waals surface area contributed by atoms with E-state index >= 15 is 0 Å². The van der Waals surface area contributed by atoms with Gasteiger partial charge >= 0.3 is 11.9 Å². The Labute approximate surface area is 136 Å². The number of ether oxygens (including phenoxy) is 3. The standard InChI is InChI=1S/C16H28O7/c1-3-5-7-13(18)21-10-12(23-14(19)8-6-4-2)16-15(20)11(17)9-22-16/h11-12,15-17,20H,3-10H2,1-2H3/t11-,12+,15?,16+/m0/s1. The zero-order valence-corrected chi connectivity index (χ0v) is 13.9. The summed E-state index contributed by atoms with van der Waals surface area (Å²) in [6.45, 7) is 3.70. The molecule has 0 bridgehead atoms. The van der Waals surface area contributed by atoms with Crippen LogP contribution in [-0.2, 0) is 23.8 Å². The molecule has 0 aliphatic carbocycles. The summed E-state index contributed by atoms with van der Waals surface area (Å²) in [7, 11) is 0. The highest BCUT2D eigenvalue weighted by atomic mass is 16.6. The second kappa shape index (κ2) is 10.6. The van der Waals surface area contributed by atoms with Gasteiger partial charge in [0.15, 0.2) is 6.10 Å². The SMILES string of the molecule is CCCCC(=O)OC[C@@H](OC(=O)CCCC)[C@H]1OC[C@H](O)C1O.